The summed E-state index contributed by atoms with van der Waals surface area (Å²) < 4.78 is 22.0. The van der Waals surface area contributed by atoms with Crippen LogP contribution in [0.15, 0.2) is 68.3 Å². The average molecular weight is 313 g/mol. The number of hydrogen-bond acceptors (Lipinski definition) is 3. The third kappa shape index (κ3) is 2.80. The Morgan fingerprint density at radius 1 is 1.09 bits per heavy atom. The zero-order chi connectivity index (χ0) is 15.7. The van der Waals surface area contributed by atoms with Crippen LogP contribution in [0.25, 0.3) is 11.0 Å². The van der Waals surface area contributed by atoms with Crippen molar-refractivity contribution >= 4 is 26.6 Å². The van der Waals surface area contributed by atoms with Gasteiger partial charge in [0.05, 0.1) is 9.73 Å². The molecule has 1 heterocycles. The fourth-order valence-corrected chi connectivity index (χ4v) is 3.29. The van der Waals surface area contributed by atoms with Gasteiger partial charge in [0, 0.05) is 16.5 Å². The lowest BCUT2D eigenvalue weighted by molar-refractivity contribution is 0.0981. The maximum Gasteiger partial charge on any atom is 0.321 e. The predicted molar refractivity (Wildman–Crippen MR) is 86.5 cm³/mol. The molecule has 112 valence electrons. The summed E-state index contributed by atoms with van der Waals surface area (Å²) in [5.41, 5.74) is 1.67. The Morgan fingerprint density at radius 3 is 2.45 bits per heavy atom. The van der Waals surface area contributed by atoms with E-state index in [-0.39, 0.29) is 5.76 Å². The van der Waals surface area contributed by atoms with Crippen molar-refractivity contribution in [2.45, 2.75) is 11.8 Å². The monoisotopic (exact) mass is 313 g/mol. The van der Waals surface area contributed by atoms with Crippen LogP contribution >= 0.6 is 0 Å². The van der Waals surface area contributed by atoms with Crippen LogP contribution in [0, 0.1) is 6.92 Å². The van der Waals surface area contributed by atoms with E-state index >= 15 is 0 Å². The van der Waals surface area contributed by atoms with Crippen LogP contribution in [0.4, 0.5) is 0 Å². The van der Waals surface area contributed by atoms with Gasteiger partial charge in [-0.15, -0.1) is 0 Å². The first kappa shape index (κ1) is 14.5. The molecule has 5 heteroatoms. The number of furan rings is 1. The molecule has 1 atom stereocenters. The van der Waals surface area contributed by atoms with Gasteiger partial charge >= 0.3 is 5.91 Å². The highest BCUT2D eigenvalue weighted by Crippen LogP contribution is 2.21. The summed E-state index contributed by atoms with van der Waals surface area (Å²) in [7, 11) is -2.80. The molecule has 3 rings (SSSR count). The van der Waals surface area contributed by atoms with Crippen molar-refractivity contribution in [3.05, 3.63) is 65.9 Å². The lowest BCUT2D eigenvalue weighted by Crippen LogP contribution is -2.03. The second-order valence-corrected chi connectivity index (χ2v) is 7.42. The Balaban J connectivity index is 2.00. The van der Waals surface area contributed by atoms with E-state index in [1.807, 2.05) is 37.3 Å². The third-order valence-corrected chi connectivity index (χ3v) is 5.01. The zero-order valence-electron chi connectivity index (χ0n) is 12.3. The number of rotatable bonds is 2. The first-order chi connectivity index (χ1) is 10.5. The maximum atomic E-state index is 12.7. The van der Waals surface area contributed by atoms with E-state index in [0.717, 1.165) is 10.9 Å². The summed E-state index contributed by atoms with van der Waals surface area (Å²) >= 11 is 0. The lowest BCUT2D eigenvalue weighted by Gasteiger charge is -2.03. The van der Waals surface area contributed by atoms with E-state index in [0.29, 0.717) is 10.5 Å². The summed E-state index contributed by atoms with van der Waals surface area (Å²) in [6.07, 6.45) is 1.46. The lowest BCUT2D eigenvalue weighted by atomic mass is 10.2. The normalized spacial score (nSPS) is 13.7. The molecule has 0 N–H and O–H groups in total. The number of hydrogen-bond donors (Lipinski definition) is 0. The van der Waals surface area contributed by atoms with E-state index in [1.165, 1.54) is 6.26 Å². The largest absolute Gasteiger partial charge is 0.451 e. The molecule has 3 aromatic rings. The molecule has 0 unspecified atom stereocenters. The van der Waals surface area contributed by atoms with Crippen LogP contribution < -0.4 is 0 Å². The number of carbonyl (C=O) groups is 1. The van der Waals surface area contributed by atoms with Gasteiger partial charge in [0.25, 0.3) is 0 Å². The first-order valence-corrected chi connectivity index (χ1v) is 8.70. The van der Waals surface area contributed by atoms with Gasteiger partial charge in [-0.05, 0) is 31.2 Å². The van der Waals surface area contributed by atoms with E-state index in [9.17, 15) is 9.00 Å². The van der Waals surface area contributed by atoms with E-state index in [2.05, 4.69) is 4.36 Å². The topological polar surface area (TPSA) is 59.6 Å². The van der Waals surface area contributed by atoms with Crippen molar-refractivity contribution in [1.29, 1.82) is 0 Å². The molecule has 1 amide bonds. The molecule has 2 aromatic carbocycles. The van der Waals surface area contributed by atoms with Crippen molar-refractivity contribution < 1.29 is 13.4 Å². The molecule has 0 aliphatic carbocycles. The predicted octanol–water partition coefficient (Wildman–Crippen LogP) is 4.04. The van der Waals surface area contributed by atoms with E-state index < -0.39 is 15.6 Å². The average Bonchev–Trinajstić information content (AvgIpc) is 2.91. The highest BCUT2D eigenvalue weighted by Gasteiger charge is 2.15. The molecule has 0 aliphatic heterocycles. The van der Waals surface area contributed by atoms with Gasteiger partial charge in [-0.1, -0.05) is 35.9 Å². The summed E-state index contributed by atoms with van der Waals surface area (Å²) in [6, 6.07) is 16.1. The van der Waals surface area contributed by atoms with Crippen LogP contribution in [0.5, 0.6) is 0 Å². The fourth-order valence-electron chi connectivity index (χ4n) is 2.13. The van der Waals surface area contributed by atoms with Gasteiger partial charge in [0.15, 0.2) is 5.76 Å². The van der Waals surface area contributed by atoms with Crippen molar-refractivity contribution in [2.75, 3.05) is 6.26 Å². The van der Waals surface area contributed by atoms with Crippen molar-refractivity contribution in [2.24, 2.45) is 4.36 Å². The Kier molecular flexibility index (Phi) is 3.58. The molecule has 4 nitrogen and oxygen atoms in total. The van der Waals surface area contributed by atoms with Crippen molar-refractivity contribution in [3.8, 4) is 0 Å². The molecule has 0 bridgehead atoms. The van der Waals surface area contributed by atoms with Gasteiger partial charge < -0.3 is 4.42 Å². The smallest absolute Gasteiger partial charge is 0.321 e. The number of nitrogens with zero attached hydrogens (tertiary/aromatic N) is 1. The van der Waals surface area contributed by atoms with Crippen LogP contribution in [0.1, 0.15) is 16.1 Å². The number of carbonyl (C=O) groups excluding carboxylic acids is 1. The summed E-state index contributed by atoms with van der Waals surface area (Å²) in [5, 5.41) is 0.819. The van der Waals surface area contributed by atoms with Crippen molar-refractivity contribution in [1.82, 2.24) is 0 Å². The van der Waals surface area contributed by atoms with Gasteiger partial charge in [0.1, 0.15) is 5.58 Å². The Hall–Kier alpha value is -2.40. The number of benzene rings is 2. The molecular weight excluding hydrogens is 298 g/mol. The molecule has 0 saturated heterocycles. The maximum absolute atomic E-state index is 12.7. The second kappa shape index (κ2) is 5.42. The SMILES string of the molecule is Cc1ccc([S@](C)(=O)=NC(=O)c2cc3ccccc3o2)cc1. The minimum atomic E-state index is -2.80. The summed E-state index contributed by atoms with van der Waals surface area (Å²) in [5.74, 6) is -0.507. The van der Waals surface area contributed by atoms with Crippen LogP contribution in [-0.2, 0) is 9.73 Å². The Bertz CT molecular complexity index is 928. The standard InChI is InChI=1S/C17H15NO3S/c1-12-7-9-14(10-8-12)22(2,20)18-17(19)16-11-13-5-3-4-6-15(13)21-16/h3-11H,1-2H3/t22-/m0/s1. The van der Waals surface area contributed by atoms with Crippen LogP contribution in [-0.4, -0.2) is 16.4 Å². The van der Waals surface area contributed by atoms with Crippen molar-refractivity contribution in [3.63, 3.8) is 0 Å². The minimum Gasteiger partial charge on any atom is -0.451 e. The highest BCUT2D eigenvalue weighted by molar-refractivity contribution is 7.93. The second-order valence-electron chi connectivity index (χ2n) is 5.16. The van der Waals surface area contributed by atoms with E-state index in [1.54, 1.807) is 24.3 Å². The van der Waals surface area contributed by atoms with Crippen LogP contribution in [0.2, 0.25) is 0 Å². The summed E-state index contributed by atoms with van der Waals surface area (Å²) in [6.45, 7) is 1.94. The van der Waals surface area contributed by atoms with Crippen LogP contribution in [0.3, 0.4) is 0 Å². The molecule has 0 radical (unpaired) electrons. The molecule has 22 heavy (non-hydrogen) atoms. The highest BCUT2D eigenvalue weighted by atomic mass is 32.2. The molecule has 0 spiro atoms. The van der Waals surface area contributed by atoms with Gasteiger partial charge in [-0.3, -0.25) is 4.79 Å². The number of para-hydroxylation sites is 1. The van der Waals surface area contributed by atoms with Gasteiger partial charge in [-0.25, -0.2) is 4.21 Å². The van der Waals surface area contributed by atoms with Gasteiger partial charge in [-0.2, -0.15) is 4.36 Å². The minimum absolute atomic E-state index is 0.0999. The molecule has 0 fully saturated rings. The molecule has 1 aromatic heterocycles. The van der Waals surface area contributed by atoms with Gasteiger partial charge in [0.2, 0.25) is 0 Å². The van der Waals surface area contributed by atoms with E-state index in [4.69, 9.17) is 4.42 Å². The summed E-state index contributed by atoms with van der Waals surface area (Å²) in [4.78, 5) is 12.8. The Labute approximate surface area is 128 Å². The first-order valence-electron chi connectivity index (χ1n) is 6.77. The Morgan fingerprint density at radius 2 is 1.77 bits per heavy atom. The number of amides is 1. The zero-order valence-corrected chi connectivity index (χ0v) is 13.1. The number of fused-ring (bicyclic) bond motifs is 1. The molecular formula is C17H15NO3S. The fraction of sp³-hybridized carbons (Fsp3) is 0.118. The molecule has 0 saturated carbocycles. The third-order valence-electron chi connectivity index (χ3n) is 3.35. The number of aryl methyl sites for hydroxylation is 1. The molecule has 0 aliphatic rings. The quantitative estimate of drug-likeness (QED) is 0.717.